The molecular formula is C19H32N2O2. The van der Waals surface area contributed by atoms with E-state index in [0.29, 0.717) is 19.0 Å². The number of alkyl carbamates (subject to hydrolysis) is 1. The minimum Gasteiger partial charge on any atom is -0.444 e. The molecule has 0 saturated carbocycles. The topological polar surface area (TPSA) is 50.4 Å². The maximum atomic E-state index is 11.5. The van der Waals surface area contributed by atoms with Crippen molar-refractivity contribution >= 4 is 6.09 Å². The van der Waals surface area contributed by atoms with Crippen molar-refractivity contribution in [3.63, 3.8) is 0 Å². The van der Waals surface area contributed by atoms with Crippen LogP contribution in [0.25, 0.3) is 0 Å². The van der Waals surface area contributed by atoms with Gasteiger partial charge in [-0.25, -0.2) is 4.79 Å². The first-order valence-electron chi connectivity index (χ1n) is 8.46. The summed E-state index contributed by atoms with van der Waals surface area (Å²) >= 11 is 0. The van der Waals surface area contributed by atoms with Crippen LogP contribution in [-0.4, -0.2) is 24.8 Å². The van der Waals surface area contributed by atoms with Crippen molar-refractivity contribution in [2.24, 2.45) is 5.92 Å². The first-order chi connectivity index (χ1) is 10.7. The van der Waals surface area contributed by atoms with E-state index in [-0.39, 0.29) is 12.1 Å². The van der Waals surface area contributed by atoms with Crippen LogP contribution in [0.15, 0.2) is 24.3 Å². The third kappa shape index (κ3) is 8.60. The number of benzene rings is 1. The SMILES string of the molecule is CC(C)Cc1ccc(C(C)NCCNC(=O)OC(C)(C)C)cc1. The Morgan fingerprint density at radius 3 is 2.22 bits per heavy atom. The zero-order valence-corrected chi connectivity index (χ0v) is 15.4. The van der Waals surface area contributed by atoms with Gasteiger partial charge in [-0.2, -0.15) is 0 Å². The lowest BCUT2D eigenvalue weighted by atomic mass is 10.00. The van der Waals surface area contributed by atoms with E-state index in [2.05, 4.69) is 55.7 Å². The van der Waals surface area contributed by atoms with Crippen molar-refractivity contribution in [3.05, 3.63) is 35.4 Å². The van der Waals surface area contributed by atoms with Gasteiger partial charge in [-0.05, 0) is 51.2 Å². The van der Waals surface area contributed by atoms with Crippen molar-refractivity contribution in [3.8, 4) is 0 Å². The molecule has 1 unspecified atom stereocenters. The highest BCUT2D eigenvalue weighted by molar-refractivity contribution is 5.67. The van der Waals surface area contributed by atoms with E-state index in [1.54, 1.807) is 0 Å². The molecule has 1 aromatic carbocycles. The summed E-state index contributed by atoms with van der Waals surface area (Å²) in [6, 6.07) is 9.01. The van der Waals surface area contributed by atoms with Crippen LogP contribution >= 0.6 is 0 Å². The number of ether oxygens (including phenoxy) is 1. The summed E-state index contributed by atoms with van der Waals surface area (Å²) in [4.78, 5) is 11.5. The van der Waals surface area contributed by atoms with Gasteiger partial charge in [-0.3, -0.25) is 0 Å². The second kappa shape index (κ2) is 8.92. The molecule has 1 aromatic rings. The molecule has 0 aliphatic rings. The van der Waals surface area contributed by atoms with Crippen LogP contribution in [0.3, 0.4) is 0 Å². The van der Waals surface area contributed by atoms with Gasteiger partial charge in [-0.15, -0.1) is 0 Å². The Morgan fingerprint density at radius 1 is 1.09 bits per heavy atom. The van der Waals surface area contributed by atoms with Crippen LogP contribution in [-0.2, 0) is 11.2 Å². The number of nitrogens with one attached hydrogen (secondary N) is 2. The Kier molecular flexibility index (Phi) is 7.56. The number of carbonyl (C=O) groups is 1. The average Bonchev–Trinajstić information content (AvgIpc) is 2.41. The van der Waals surface area contributed by atoms with Gasteiger partial charge in [0.1, 0.15) is 5.60 Å². The minimum atomic E-state index is -0.456. The van der Waals surface area contributed by atoms with Crippen LogP contribution in [0.1, 0.15) is 58.7 Å². The molecule has 2 N–H and O–H groups in total. The summed E-state index contributed by atoms with van der Waals surface area (Å²) in [6.45, 7) is 13.4. The van der Waals surface area contributed by atoms with E-state index in [4.69, 9.17) is 4.74 Å². The summed E-state index contributed by atoms with van der Waals surface area (Å²) in [7, 11) is 0. The normalized spacial score (nSPS) is 13.0. The van der Waals surface area contributed by atoms with Gasteiger partial charge in [0.2, 0.25) is 0 Å². The Hall–Kier alpha value is -1.55. The fourth-order valence-corrected chi connectivity index (χ4v) is 2.30. The average molecular weight is 320 g/mol. The Balaban J connectivity index is 2.31. The molecule has 1 amide bonds. The van der Waals surface area contributed by atoms with Crippen molar-refractivity contribution in [2.45, 2.75) is 59.6 Å². The van der Waals surface area contributed by atoms with Crippen molar-refractivity contribution < 1.29 is 9.53 Å². The van der Waals surface area contributed by atoms with Crippen LogP contribution in [0.5, 0.6) is 0 Å². The second-order valence-corrected chi connectivity index (χ2v) is 7.44. The van der Waals surface area contributed by atoms with E-state index in [1.165, 1.54) is 11.1 Å². The molecule has 0 spiro atoms. The first kappa shape index (κ1) is 19.5. The number of hydrogen-bond acceptors (Lipinski definition) is 3. The Labute approximate surface area is 141 Å². The maximum absolute atomic E-state index is 11.5. The van der Waals surface area contributed by atoms with Gasteiger partial charge in [0, 0.05) is 19.1 Å². The zero-order chi connectivity index (χ0) is 17.5. The van der Waals surface area contributed by atoms with Crippen LogP contribution in [0.4, 0.5) is 4.79 Å². The van der Waals surface area contributed by atoms with Crippen LogP contribution < -0.4 is 10.6 Å². The lowest BCUT2D eigenvalue weighted by Crippen LogP contribution is -2.36. The van der Waals surface area contributed by atoms with Crippen molar-refractivity contribution in [1.82, 2.24) is 10.6 Å². The highest BCUT2D eigenvalue weighted by Gasteiger charge is 2.15. The van der Waals surface area contributed by atoms with Gasteiger partial charge in [0.25, 0.3) is 0 Å². The molecule has 4 nitrogen and oxygen atoms in total. The van der Waals surface area contributed by atoms with E-state index in [1.807, 2.05) is 20.8 Å². The summed E-state index contributed by atoms with van der Waals surface area (Å²) in [5, 5.41) is 6.16. The van der Waals surface area contributed by atoms with E-state index in [9.17, 15) is 4.79 Å². The first-order valence-corrected chi connectivity index (χ1v) is 8.46. The molecule has 0 aromatic heterocycles. The molecule has 0 radical (unpaired) electrons. The molecule has 0 bridgehead atoms. The fraction of sp³-hybridized carbons (Fsp3) is 0.632. The lowest BCUT2D eigenvalue weighted by Gasteiger charge is -2.20. The van der Waals surface area contributed by atoms with Gasteiger partial charge >= 0.3 is 6.09 Å². The minimum absolute atomic E-state index is 0.253. The largest absolute Gasteiger partial charge is 0.444 e. The summed E-state index contributed by atoms with van der Waals surface area (Å²) in [5.74, 6) is 0.676. The monoisotopic (exact) mass is 320 g/mol. The standard InChI is InChI=1S/C19H32N2O2/c1-14(2)13-16-7-9-17(10-8-16)15(3)20-11-12-21-18(22)23-19(4,5)6/h7-10,14-15,20H,11-13H2,1-6H3,(H,21,22). The molecule has 4 heteroatoms. The number of hydrogen-bond donors (Lipinski definition) is 2. The van der Waals surface area contributed by atoms with Gasteiger partial charge in [-0.1, -0.05) is 38.1 Å². The van der Waals surface area contributed by atoms with Crippen LogP contribution in [0, 0.1) is 5.92 Å². The predicted octanol–water partition coefficient (Wildman–Crippen LogP) is 4.06. The lowest BCUT2D eigenvalue weighted by molar-refractivity contribution is 0.0528. The Bertz CT molecular complexity index is 475. The van der Waals surface area contributed by atoms with Gasteiger partial charge in [0.05, 0.1) is 0 Å². The third-order valence-electron chi connectivity index (χ3n) is 3.37. The molecule has 0 fully saturated rings. The second-order valence-electron chi connectivity index (χ2n) is 7.44. The molecule has 0 aliphatic heterocycles. The van der Waals surface area contributed by atoms with E-state index in [0.717, 1.165) is 6.42 Å². The van der Waals surface area contributed by atoms with Crippen molar-refractivity contribution in [1.29, 1.82) is 0 Å². The molecule has 0 heterocycles. The predicted molar refractivity (Wildman–Crippen MR) is 95.6 cm³/mol. The summed E-state index contributed by atoms with van der Waals surface area (Å²) in [5.41, 5.74) is 2.18. The molecule has 1 atom stereocenters. The molecule has 1 rings (SSSR count). The van der Waals surface area contributed by atoms with E-state index >= 15 is 0 Å². The molecular weight excluding hydrogens is 288 g/mol. The maximum Gasteiger partial charge on any atom is 0.407 e. The van der Waals surface area contributed by atoms with E-state index < -0.39 is 5.60 Å². The third-order valence-corrected chi connectivity index (χ3v) is 3.37. The number of amides is 1. The van der Waals surface area contributed by atoms with Gasteiger partial charge < -0.3 is 15.4 Å². The number of carbonyl (C=O) groups excluding carboxylic acids is 1. The fourth-order valence-electron chi connectivity index (χ4n) is 2.30. The smallest absolute Gasteiger partial charge is 0.407 e. The highest BCUT2D eigenvalue weighted by Crippen LogP contribution is 2.15. The Morgan fingerprint density at radius 2 is 1.70 bits per heavy atom. The molecule has 0 saturated heterocycles. The van der Waals surface area contributed by atoms with Crippen molar-refractivity contribution in [2.75, 3.05) is 13.1 Å². The van der Waals surface area contributed by atoms with Crippen LogP contribution in [0.2, 0.25) is 0 Å². The molecule has 23 heavy (non-hydrogen) atoms. The summed E-state index contributed by atoms with van der Waals surface area (Å²) in [6.07, 6.45) is 0.743. The highest BCUT2D eigenvalue weighted by atomic mass is 16.6. The van der Waals surface area contributed by atoms with Gasteiger partial charge in [0.15, 0.2) is 0 Å². The molecule has 130 valence electrons. The number of rotatable bonds is 7. The summed E-state index contributed by atoms with van der Waals surface area (Å²) < 4.78 is 5.20. The quantitative estimate of drug-likeness (QED) is 0.745. The molecule has 0 aliphatic carbocycles. The zero-order valence-electron chi connectivity index (χ0n) is 15.4.